The molecule has 0 bridgehead atoms. The Morgan fingerprint density at radius 1 is 0.826 bits per heavy atom. The summed E-state index contributed by atoms with van der Waals surface area (Å²) in [4.78, 5) is 0. The molecule has 23 heavy (non-hydrogen) atoms. The van der Waals surface area contributed by atoms with Crippen LogP contribution in [-0.2, 0) is 13.1 Å². The van der Waals surface area contributed by atoms with Gasteiger partial charge in [0, 0.05) is 13.1 Å². The van der Waals surface area contributed by atoms with Gasteiger partial charge in [-0.1, -0.05) is 73.8 Å². The Balaban J connectivity index is 1.84. The molecule has 3 N–H and O–H groups in total. The lowest BCUT2D eigenvalue weighted by Crippen LogP contribution is -2.53. The van der Waals surface area contributed by atoms with E-state index in [4.69, 9.17) is 0 Å². The highest BCUT2D eigenvalue weighted by atomic mass is 16.3. The molecule has 0 atom stereocenters. The maximum atomic E-state index is 10.4. The molecule has 0 radical (unpaired) electrons. The van der Waals surface area contributed by atoms with Gasteiger partial charge in [-0.2, -0.15) is 0 Å². The van der Waals surface area contributed by atoms with Crippen molar-refractivity contribution in [3.05, 3.63) is 83.9 Å². The topological polar surface area (TPSA) is 44.3 Å². The Hall–Kier alpha value is -2.20. The number of aliphatic hydroxyl groups is 1. The molecule has 120 valence electrons. The highest BCUT2D eigenvalue weighted by molar-refractivity contribution is 5.47. The molecular formula is C20H24N2O. The van der Waals surface area contributed by atoms with Crippen LogP contribution < -0.4 is 10.6 Å². The van der Waals surface area contributed by atoms with Gasteiger partial charge in [0.2, 0.25) is 0 Å². The molecule has 0 amide bonds. The van der Waals surface area contributed by atoms with Crippen molar-refractivity contribution in [1.82, 2.24) is 10.6 Å². The Bertz CT molecular complexity index is 585. The zero-order valence-electron chi connectivity index (χ0n) is 13.5. The third kappa shape index (κ3) is 5.49. The van der Waals surface area contributed by atoms with E-state index in [-0.39, 0.29) is 0 Å². The molecule has 0 spiro atoms. The lowest BCUT2D eigenvalue weighted by Gasteiger charge is -2.26. The van der Waals surface area contributed by atoms with Crippen LogP contribution in [0.1, 0.15) is 29.2 Å². The molecule has 2 aromatic carbocycles. The summed E-state index contributed by atoms with van der Waals surface area (Å²) in [6.45, 7) is 10.3. The number of hydrogen-bond acceptors (Lipinski definition) is 3. The average molecular weight is 308 g/mol. The van der Waals surface area contributed by atoms with Gasteiger partial charge >= 0.3 is 0 Å². The molecule has 0 saturated carbocycles. The van der Waals surface area contributed by atoms with Gasteiger partial charge in [-0.25, -0.2) is 0 Å². The SMILES string of the molecule is C=Cc1ccc(CNC(C)(O)NCc2ccc(C=C)cc2)cc1. The molecule has 2 rings (SSSR count). The largest absolute Gasteiger partial charge is 0.363 e. The average Bonchev–Trinajstić information content (AvgIpc) is 2.59. The molecule has 2 aromatic rings. The molecule has 0 aliphatic heterocycles. The van der Waals surface area contributed by atoms with Crippen LogP contribution in [0.4, 0.5) is 0 Å². The van der Waals surface area contributed by atoms with Crippen LogP contribution in [-0.4, -0.2) is 11.0 Å². The zero-order valence-corrected chi connectivity index (χ0v) is 13.5. The molecule has 0 aliphatic rings. The van der Waals surface area contributed by atoms with Crippen molar-refractivity contribution >= 4 is 12.2 Å². The number of benzene rings is 2. The Kier molecular flexibility index (Phi) is 5.88. The highest BCUT2D eigenvalue weighted by Crippen LogP contribution is 2.08. The van der Waals surface area contributed by atoms with Crippen LogP contribution in [0.15, 0.2) is 61.7 Å². The Labute approximate surface area is 138 Å². The van der Waals surface area contributed by atoms with E-state index >= 15 is 0 Å². The quantitative estimate of drug-likeness (QED) is 0.654. The summed E-state index contributed by atoms with van der Waals surface area (Å²) in [5.41, 5.74) is 4.38. The number of rotatable bonds is 8. The van der Waals surface area contributed by atoms with Crippen molar-refractivity contribution < 1.29 is 5.11 Å². The third-order valence-electron chi connectivity index (χ3n) is 3.70. The van der Waals surface area contributed by atoms with Crippen molar-refractivity contribution in [3.63, 3.8) is 0 Å². The van der Waals surface area contributed by atoms with Gasteiger partial charge in [-0.15, -0.1) is 0 Å². The monoisotopic (exact) mass is 308 g/mol. The molecule has 0 fully saturated rings. The van der Waals surface area contributed by atoms with E-state index in [0.29, 0.717) is 13.1 Å². The molecule has 0 unspecified atom stereocenters. The van der Waals surface area contributed by atoms with Gasteiger partial charge < -0.3 is 5.11 Å². The van der Waals surface area contributed by atoms with Gasteiger partial charge in [0.25, 0.3) is 0 Å². The van der Waals surface area contributed by atoms with Gasteiger partial charge in [0.15, 0.2) is 5.85 Å². The van der Waals surface area contributed by atoms with Crippen LogP contribution in [0, 0.1) is 0 Å². The summed E-state index contributed by atoms with van der Waals surface area (Å²) < 4.78 is 0. The first-order valence-corrected chi connectivity index (χ1v) is 7.67. The van der Waals surface area contributed by atoms with Crippen LogP contribution in [0.25, 0.3) is 12.2 Å². The second-order valence-corrected chi connectivity index (χ2v) is 5.67. The smallest absolute Gasteiger partial charge is 0.169 e. The molecule has 3 nitrogen and oxygen atoms in total. The minimum absolute atomic E-state index is 0.576. The summed E-state index contributed by atoms with van der Waals surface area (Å²) in [7, 11) is 0. The summed E-state index contributed by atoms with van der Waals surface area (Å²) in [5.74, 6) is -1.14. The van der Waals surface area contributed by atoms with Crippen molar-refractivity contribution in [2.75, 3.05) is 0 Å². The van der Waals surface area contributed by atoms with Crippen molar-refractivity contribution in [2.24, 2.45) is 0 Å². The standard InChI is InChI=1S/C20H24N2O/c1-4-16-6-10-18(11-7-16)14-21-20(3,23)22-15-19-12-8-17(5-2)9-13-19/h4-13,21-23H,1-2,14-15H2,3H3. The lowest BCUT2D eigenvalue weighted by atomic mass is 10.1. The first-order chi connectivity index (χ1) is 11.0. The van der Waals surface area contributed by atoms with E-state index in [2.05, 4.69) is 23.8 Å². The second-order valence-electron chi connectivity index (χ2n) is 5.67. The lowest BCUT2D eigenvalue weighted by molar-refractivity contribution is -0.0136. The van der Waals surface area contributed by atoms with Gasteiger partial charge in [-0.3, -0.25) is 10.6 Å². The van der Waals surface area contributed by atoms with Crippen molar-refractivity contribution in [3.8, 4) is 0 Å². The van der Waals surface area contributed by atoms with E-state index in [0.717, 1.165) is 22.3 Å². The van der Waals surface area contributed by atoms with Gasteiger partial charge in [0.1, 0.15) is 0 Å². The Morgan fingerprint density at radius 2 is 1.17 bits per heavy atom. The summed E-state index contributed by atoms with van der Waals surface area (Å²) in [6, 6.07) is 16.1. The van der Waals surface area contributed by atoms with Crippen LogP contribution in [0.3, 0.4) is 0 Å². The van der Waals surface area contributed by atoms with Crippen LogP contribution in [0.2, 0.25) is 0 Å². The molecule has 0 saturated heterocycles. The fourth-order valence-electron chi connectivity index (χ4n) is 2.15. The second kappa shape index (κ2) is 7.88. The normalized spacial score (nSPS) is 11.2. The van der Waals surface area contributed by atoms with E-state index in [1.807, 2.05) is 60.7 Å². The third-order valence-corrected chi connectivity index (χ3v) is 3.70. The highest BCUT2D eigenvalue weighted by Gasteiger charge is 2.18. The van der Waals surface area contributed by atoms with Crippen molar-refractivity contribution in [2.45, 2.75) is 25.9 Å². The molecular weight excluding hydrogens is 284 g/mol. The molecule has 0 heterocycles. The molecule has 0 aromatic heterocycles. The summed E-state index contributed by atoms with van der Waals surface area (Å²) in [6.07, 6.45) is 3.62. The van der Waals surface area contributed by atoms with Crippen molar-refractivity contribution in [1.29, 1.82) is 0 Å². The first-order valence-electron chi connectivity index (χ1n) is 7.67. The maximum absolute atomic E-state index is 10.4. The zero-order chi connectivity index (χ0) is 16.7. The van der Waals surface area contributed by atoms with E-state index in [1.54, 1.807) is 6.92 Å². The predicted molar refractivity (Wildman–Crippen MR) is 97.4 cm³/mol. The van der Waals surface area contributed by atoms with E-state index < -0.39 is 5.85 Å². The predicted octanol–water partition coefficient (Wildman–Crippen LogP) is 3.52. The Morgan fingerprint density at radius 3 is 1.48 bits per heavy atom. The van der Waals surface area contributed by atoms with E-state index in [9.17, 15) is 5.11 Å². The molecule has 3 heteroatoms. The van der Waals surface area contributed by atoms with Gasteiger partial charge in [0.05, 0.1) is 0 Å². The van der Waals surface area contributed by atoms with Crippen LogP contribution in [0.5, 0.6) is 0 Å². The number of nitrogens with one attached hydrogen (secondary N) is 2. The summed E-state index contributed by atoms with van der Waals surface area (Å²) in [5, 5.41) is 16.6. The van der Waals surface area contributed by atoms with E-state index in [1.165, 1.54) is 0 Å². The van der Waals surface area contributed by atoms with Crippen LogP contribution >= 0.6 is 0 Å². The minimum atomic E-state index is -1.14. The molecule has 0 aliphatic carbocycles. The minimum Gasteiger partial charge on any atom is -0.363 e. The van der Waals surface area contributed by atoms with Gasteiger partial charge in [-0.05, 0) is 29.2 Å². The summed E-state index contributed by atoms with van der Waals surface area (Å²) >= 11 is 0. The maximum Gasteiger partial charge on any atom is 0.169 e. The fourth-order valence-corrected chi connectivity index (χ4v) is 2.15. The number of hydrogen-bond donors (Lipinski definition) is 3. The fraction of sp³-hybridized carbons (Fsp3) is 0.200. The first kappa shape index (κ1) is 17.2.